The number of benzene rings is 2. The highest BCUT2D eigenvalue weighted by atomic mass is 16.5. The van der Waals surface area contributed by atoms with Gasteiger partial charge >= 0.3 is 0 Å². The average Bonchev–Trinajstić information content (AvgIpc) is 2.75. The van der Waals surface area contributed by atoms with Gasteiger partial charge in [-0.2, -0.15) is 0 Å². The Hall–Kier alpha value is -3.02. The molecule has 3 rings (SSSR count). The van der Waals surface area contributed by atoms with Crippen LogP contribution in [-0.2, 0) is 16.0 Å². The van der Waals surface area contributed by atoms with Gasteiger partial charge in [0.15, 0.2) is 0 Å². The van der Waals surface area contributed by atoms with Gasteiger partial charge in [0.2, 0.25) is 11.8 Å². The SMILES string of the molecule is CCN(CCNC(=O)CCCOc1ccc2c(c1)CCC(=O)N2)c1ccccc1C. The molecule has 1 aliphatic rings. The third kappa shape index (κ3) is 5.99. The maximum atomic E-state index is 12.1. The van der Waals surface area contributed by atoms with E-state index in [4.69, 9.17) is 4.74 Å². The van der Waals surface area contributed by atoms with Crippen LogP contribution in [0.2, 0.25) is 0 Å². The number of carbonyl (C=O) groups is 2. The standard InChI is InChI=1S/C24H31N3O3/c1-3-27(22-8-5-4-7-18(22)2)15-14-25-23(28)9-6-16-30-20-11-12-21-19(17-20)10-13-24(29)26-21/h4-5,7-8,11-12,17H,3,6,9-10,13-16H2,1-2H3,(H,25,28)(H,26,29). The Morgan fingerprint density at radius 3 is 2.83 bits per heavy atom. The monoisotopic (exact) mass is 409 g/mol. The van der Waals surface area contributed by atoms with E-state index in [1.54, 1.807) is 0 Å². The molecule has 6 nitrogen and oxygen atoms in total. The molecule has 0 unspecified atom stereocenters. The summed E-state index contributed by atoms with van der Waals surface area (Å²) in [4.78, 5) is 25.8. The summed E-state index contributed by atoms with van der Waals surface area (Å²) in [6, 6.07) is 14.0. The van der Waals surface area contributed by atoms with Gasteiger partial charge in [0, 0.05) is 43.9 Å². The highest BCUT2D eigenvalue weighted by molar-refractivity contribution is 5.94. The number of ether oxygens (including phenoxy) is 1. The molecule has 2 amide bonds. The lowest BCUT2D eigenvalue weighted by Gasteiger charge is -2.25. The number of hydrogen-bond donors (Lipinski definition) is 2. The second kappa shape index (κ2) is 10.7. The van der Waals surface area contributed by atoms with E-state index in [2.05, 4.69) is 41.5 Å². The lowest BCUT2D eigenvalue weighted by atomic mass is 10.0. The first-order chi connectivity index (χ1) is 14.6. The van der Waals surface area contributed by atoms with E-state index in [-0.39, 0.29) is 11.8 Å². The van der Waals surface area contributed by atoms with Crippen LogP contribution in [0.25, 0.3) is 0 Å². The summed E-state index contributed by atoms with van der Waals surface area (Å²) in [5.74, 6) is 0.887. The number of aryl methyl sites for hydroxylation is 2. The Kier molecular flexibility index (Phi) is 7.71. The van der Waals surface area contributed by atoms with Gasteiger partial charge in [-0.15, -0.1) is 0 Å². The van der Waals surface area contributed by atoms with Crippen molar-refractivity contribution in [3.8, 4) is 5.75 Å². The highest BCUT2D eigenvalue weighted by Gasteiger charge is 2.15. The van der Waals surface area contributed by atoms with E-state index >= 15 is 0 Å². The first-order valence-corrected chi connectivity index (χ1v) is 10.7. The van der Waals surface area contributed by atoms with Crippen LogP contribution in [0.15, 0.2) is 42.5 Å². The quantitative estimate of drug-likeness (QED) is 0.587. The van der Waals surface area contributed by atoms with Gasteiger partial charge in [-0.3, -0.25) is 9.59 Å². The maximum absolute atomic E-state index is 12.1. The molecule has 1 aliphatic heterocycles. The summed E-state index contributed by atoms with van der Waals surface area (Å²) in [7, 11) is 0. The predicted octanol–water partition coefficient (Wildman–Crippen LogP) is 3.68. The number of nitrogens with zero attached hydrogens (tertiary/aromatic N) is 1. The molecule has 0 radical (unpaired) electrons. The van der Waals surface area contributed by atoms with Crippen molar-refractivity contribution in [3.05, 3.63) is 53.6 Å². The van der Waals surface area contributed by atoms with Crippen LogP contribution >= 0.6 is 0 Å². The van der Waals surface area contributed by atoms with Crippen LogP contribution in [0.3, 0.4) is 0 Å². The number of amides is 2. The predicted molar refractivity (Wildman–Crippen MR) is 120 cm³/mol. The molecule has 0 atom stereocenters. The molecule has 160 valence electrons. The zero-order valence-electron chi connectivity index (χ0n) is 17.9. The van der Waals surface area contributed by atoms with E-state index in [0.717, 1.165) is 36.5 Å². The number of hydrogen-bond acceptors (Lipinski definition) is 4. The lowest BCUT2D eigenvalue weighted by Crippen LogP contribution is -2.35. The minimum Gasteiger partial charge on any atom is -0.494 e. The summed E-state index contributed by atoms with van der Waals surface area (Å²) < 4.78 is 5.78. The molecule has 0 saturated heterocycles. The van der Waals surface area contributed by atoms with E-state index in [0.29, 0.717) is 32.4 Å². The van der Waals surface area contributed by atoms with Gasteiger partial charge in [0.05, 0.1) is 6.61 Å². The second-order valence-electron chi connectivity index (χ2n) is 7.54. The van der Waals surface area contributed by atoms with Crippen molar-refractivity contribution in [3.63, 3.8) is 0 Å². The normalized spacial score (nSPS) is 12.7. The van der Waals surface area contributed by atoms with Gasteiger partial charge in [0.1, 0.15) is 5.75 Å². The van der Waals surface area contributed by atoms with Crippen molar-refractivity contribution in [2.75, 3.05) is 36.5 Å². The minimum atomic E-state index is 0.0487. The Morgan fingerprint density at radius 1 is 1.20 bits per heavy atom. The molecule has 2 N–H and O–H groups in total. The van der Waals surface area contributed by atoms with Crippen molar-refractivity contribution in [1.82, 2.24) is 5.32 Å². The maximum Gasteiger partial charge on any atom is 0.224 e. The van der Waals surface area contributed by atoms with Gasteiger partial charge in [-0.1, -0.05) is 18.2 Å². The summed E-state index contributed by atoms with van der Waals surface area (Å²) >= 11 is 0. The molecular formula is C24H31N3O3. The Balaban J connectivity index is 1.34. The van der Waals surface area contributed by atoms with Crippen LogP contribution in [0.5, 0.6) is 5.75 Å². The second-order valence-corrected chi connectivity index (χ2v) is 7.54. The molecule has 30 heavy (non-hydrogen) atoms. The van der Waals surface area contributed by atoms with Crippen molar-refractivity contribution < 1.29 is 14.3 Å². The van der Waals surface area contributed by atoms with E-state index in [1.165, 1.54) is 11.3 Å². The molecule has 0 aliphatic carbocycles. The smallest absolute Gasteiger partial charge is 0.224 e. The Labute approximate surface area is 178 Å². The summed E-state index contributed by atoms with van der Waals surface area (Å²) in [6.45, 7) is 7.03. The zero-order chi connectivity index (χ0) is 21.3. The van der Waals surface area contributed by atoms with Gasteiger partial charge in [0.25, 0.3) is 0 Å². The Morgan fingerprint density at radius 2 is 2.03 bits per heavy atom. The molecule has 0 bridgehead atoms. The zero-order valence-corrected chi connectivity index (χ0v) is 17.9. The first-order valence-electron chi connectivity index (χ1n) is 10.7. The van der Waals surface area contributed by atoms with Crippen LogP contribution in [0, 0.1) is 6.92 Å². The number of likely N-dealkylation sites (N-methyl/N-ethyl adjacent to an activating group) is 1. The summed E-state index contributed by atoms with van der Waals surface area (Å²) in [5, 5.41) is 5.87. The fourth-order valence-corrected chi connectivity index (χ4v) is 3.66. The molecule has 2 aromatic rings. The molecule has 0 spiro atoms. The molecule has 0 fully saturated rings. The number of rotatable bonds is 10. The number of para-hydroxylation sites is 1. The highest BCUT2D eigenvalue weighted by Crippen LogP contribution is 2.26. The fraction of sp³-hybridized carbons (Fsp3) is 0.417. The number of fused-ring (bicyclic) bond motifs is 1. The summed E-state index contributed by atoms with van der Waals surface area (Å²) in [6.07, 6.45) is 2.35. The van der Waals surface area contributed by atoms with Gasteiger partial charge in [-0.25, -0.2) is 0 Å². The molecule has 0 aromatic heterocycles. The lowest BCUT2D eigenvalue weighted by molar-refractivity contribution is -0.121. The Bertz CT molecular complexity index is 882. The summed E-state index contributed by atoms with van der Waals surface area (Å²) in [5.41, 5.74) is 4.42. The number of nitrogens with one attached hydrogen (secondary N) is 2. The van der Waals surface area contributed by atoms with Crippen molar-refractivity contribution in [2.24, 2.45) is 0 Å². The van der Waals surface area contributed by atoms with E-state index in [1.807, 2.05) is 30.3 Å². The topological polar surface area (TPSA) is 70.7 Å². The first kappa shape index (κ1) is 21.7. The van der Waals surface area contributed by atoms with Crippen molar-refractivity contribution in [1.29, 1.82) is 0 Å². The largest absolute Gasteiger partial charge is 0.494 e. The van der Waals surface area contributed by atoms with E-state index < -0.39 is 0 Å². The minimum absolute atomic E-state index is 0.0487. The fourth-order valence-electron chi connectivity index (χ4n) is 3.66. The van der Waals surface area contributed by atoms with Gasteiger partial charge in [-0.05, 0) is 62.1 Å². The van der Waals surface area contributed by atoms with Crippen LogP contribution in [0.4, 0.5) is 11.4 Å². The third-order valence-electron chi connectivity index (χ3n) is 5.33. The van der Waals surface area contributed by atoms with Crippen LogP contribution < -0.4 is 20.3 Å². The van der Waals surface area contributed by atoms with Crippen LogP contribution in [-0.4, -0.2) is 38.1 Å². The molecule has 6 heteroatoms. The molecule has 0 saturated carbocycles. The van der Waals surface area contributed by atoms with Gasteiger partial charge < -0.3 is 20.3 Å². The number of carbonyl (C=O) groups excluding carboxylic acids is 2. The van der Waals surface area contributed by atoms with E-state index in [9.17, 15) is 9.59 Å². The number of anilines is 2. The molecular weight excluding hydrogens is 378 g/mol. The van der Waals surface area contributed by atoms with Crippen LogP contribution in [0.1, 0.15) is 37.3 Å². The van der Waals surface area contributed by atoms with Crippen molar-refractivity contribution in [2.45, 2.75) is 39.5 Å². The average molecular weight is 410 g/mol. The van der Waals surface area contributed by atoms with Crippen molar-refractivity contribution >= 4 is 23.2 Å². The molecule has 1 heterocycles. The molecule has 2 aromatic carbocycles. The third-order valence-corrected chi connectivity index (χ3v) is 5.33.